The zero-order valence-electron chi connectivity index (χ0n) is 12.7. The summed E-state index contributed by atoms with van der Waals surface area (Å²) in [5.41, 5.74) is 5.10. The number of hydrogen-bond acceptors (Lipinski definition) is 5. The van der Waals surface area contributed by atoms with E-state index in [2.05, 4.69) is 10.0 Å². The molecule has 0 rings (SSSR count). The van der Waals surface area contributed by atoms with E-state index < -0.39 is 21.5 Å². The van der Waals surface area contributed by atoms with Gasteiger partial charge in [0, 0.05) is 13.2 Å². The molecule has 0 saturated heterocycles. The van der Waals surface area contributed by atoms with E-state index in [1.54, 1.807) is 6.92 Å². The van der Waals surface area contributed by atoms with E-state index in [9.17, 15) is 13.2 Å². The molecule has 1 amide bonds. The SMILES string of the molecule is CCOCCS(=O)(=O)NCC(=O)NC(C)(CN)C(C)C. The van der Waals surface area contributed by atoms with Gasteiger partial charge in [0.1, 0.15) is 0 Å². The molecule has 0 spiro atoms. The Morgan fingerprint density at radius 3 is 2.45 bits per heavy atom. The molecule has 0 bridgehead atoms. The standard InChI is InChI=1S/C12H27N3O4S/c1-5-19-6-7-20(17,18)14-8-11(16)15-12(4,9-13)10(2)3/h10,14H,5-9,13H2,1-4H3,(H,15,16). The lowest BCUT2D eigenvalue weighted by atomic mass is 9.88. The van der Waals surface area contributed by atoms with Crippen LogP contribution in [0.3, 0.4) is 0 Å². The number of hydrogen-bond donors (Lipinski definition) is 3. The fraction of sp³-hybridized carbons (Fsp3) is 0.917. The maximum absolute atomic E-state index is 11.8. The summed E-state index contributed by atoms with van der Waals surface area (Å²) in [4.78, 5) is 11.8. The fourth-order valence-corrected chi connectivity index (χ4v) is 2.19. The van der Waals surface area contributed by atoms with Gasteiger partial charge >= 0.3 is 0 Å². The summed E-state index contributed by atoms with van der Waals surface area (Å²) in [6, 6.07) is 0. The van der Waals surface area contributed by atoms with Gasteiger partial charge in [-0.25, -0.2) is 13.1 Å². The van der Waals surface area contributed by atoms with Crippen LogP contribution in [0, 0.1) is 5.92 Å². The Bertz CT molecular complexity index is 398. The third-order valence-electron chi connectivity index (χ3n) is 3.28. The van der Waals surface area contributed by atoms with Gasteiger partial charge in [-0.3, -0.25) is 4.79 Å². The Balaban J connectivity index is 4.29. The van der Waals surface area contributed by atoms with E-state index in [0.717, 1.165) is 0 Å². The number of ether oxygens (including phenoxy) is 1. The lowest BCUT2D eigenvalue weighted by molar-refractivity contribution is -0.122. The molecule has 8 heteroatoms. The molecule has 0 aliphatic rings. The molecule has 0 fully saturated rings. The first kappa shape index (κ1) is 19.3. The smallest absolute Gasteiger partial charge is 0.235 e. The van der Waals surface area contributed by atoms with E-state index in [1.807, 2.05) is 20.8 Å². The molecule has 0 aromatic carbocycles. The van der Waals surface area contributed by atoms with Crippen molar-refractivity contribution in [2.45, 2.75) is 33.2 Å². The monoisotopic (exact) mass is 309 g/mol. The first-order valence-corrected chi connectivity index (χ1v) is 8.38. The van der Waals surface area contributed by atoms with E-state index in [0.29, 0.717) is 6.61 Å². The number of amides is 1. The van der Waals surface area contributed by atoms with Crippen molar-refractivity contribution < 1.29 is 17.9 Å². The third kappa shape index (κ3) is 7.18. The lowest BCUT2D eigenvalue weighted by Crippen LogP contribution is -2.57. The summed E-state index contributed by atoms with van der Waals surface area (Å²) in [5, 5.41) is 2.76. The molecule has 4 N–H and O–H groups in total. The number of nitrogens with one attached hydrogen (secondary N) is 2. The molecule has 0 aromatic heterocycles. The Morgan fingerprint density at radius 2 is 2.00 bits per heavy atom. The summed E-state index contributed by atoms with van der Waals surface area (Å²) in [5.74, 6) is -0.412. The molecule has 120 valence electrons. The van der Waals surface area contributed by atoms with Crippen LogP contribution in [0.15, 0.2) is 0 Å². The Hall–Kier alpha value is -0.700. The molecule has 1 atom stereocenters. The van der Waals surface area contributed by atoms with Crippen LogP contribution in [-0.2, 0) is 19.6 Å². The first-order chi connectivity index (χ1) is 9.17. The van der Waals surface area contributed by atoms with Gasteiger partial charge in [0.05, 0.1) is 24.4 Å². The van der Waals surface area contributed by atoms with Gasteiger partial charge in [0.25, 0.3) is 0 Å². The van der Waals surface area contributed by atoms with Crippen molar-refractivity contribution in [2.75, 3.05) is 32.1 Å². The van der Waals surface area contributed by atoms with Crippen molar-refractivity contribution in [3.05, 3.63) is 0 Å². The van der Waals surface area contributed by atoms with Crippen LogP contribution in [0.5, 0.6) is 0 Å². The molecule has 0 radical (unpaired) electrons. The molecule has 0 aliphatic heterocycles. The van der Waals surface area contributed by atoms with Crippen molar-refractivity contribution in [2.24, 2.45) is 11.7 Å². The highest BCUT2D eigenvalue weighted by Crippen LogP contribution is 2.14. The Morgan fingerprint density at radius 1 is 1.40 bits per heavy atom. The average Bonchev–Trinajstić information content (AvgIpc) is 2.36. The maximum Gasteiger partial charge on any atom is 0.235 e. The summed E-state index contributed by atoms with van der Waals surface area (Å²) in [7, 11) is -3.50. The molecule has 0 heterocycles. The highest BCUT2D eigenvalue weighted by Gasteiger charge is 2.28. The van der Waals surface area contributed by atoms with Crippen molar-refractivity contribution in [3.8, 4) is 0 Å². The van der Waals surface area contributed by atoms with Crippen molar-refractivity contribution >= 4 is 15.9 Å². The first-order valence-electron chi connectivity index (χ1n) is 6.73. The number of carbonyl (C=O) groups excluding carboxylic acids is 1. The second-order valence-electron chi connectivity index (χ2n) is 5.16. The van der Waals surface area contributed by atoms with E-state index >= 15 is 0 Å². The summed E-state index contributed by atoms with van der Waals surface area (Å²) in [6.45, 7) is 8.06. The van der Waals surface area contributed by atoms with E-state index in [4.69, 9.17) is 10.5 Å². The molecule has 20 heavy (non-hydrogen) atoms. The summed E-state index contributed by atoms with van der Waals surface area (Å²) >= 11 is 0. The van der Waals surface area contributed by atoms with Gasteiger partial charge in [-0.1, -0.05) is 13.8 Å². The van der Waals surface area contributed by atoms with Gasteiger partial charge in [-0.2, -0.15) is 0 Å². The van der Waals surface area contributed by atoms with Gasteiger partial charge in [-0.15, -0.1) is 0 Å². The normalized spacial score (nSPS) is 15.1. The topological polar surface area (TPSA) is 111 Å². The maximum atomic E-state index is 11.8. The minimum atomic E-state index is -3.50. The van der Waals surface area contributed by atoms with Crippen LogP contribution in [0.1, 0.15) is 27.7 Å². The zero-order chi connectivity index (χ0) is 15.8. The number of rotatable bonds is 10. The third-order valence-corrected chi connectivity index (χ3v) is 4.56. The predicted molar refractivity (Wildman–Crippen MR) is 78.7 cm³/mol. The van der Waals surface area contributed by atoms with Gasteiger partial charge in [0.2, 0.25) is 15.9 Å². The zero-order valence-corrected chi connectivity index (χ0v) is 13.5. The number of sulfonamides is 1. The molecular formula is C12H27N3O4S. The van der Waals surface area contributed by atoms with E-state index in [1.165, 1.54) is 0 Å². The highest BCUT2D eigenvalue weighted by molar-refractivity contribution is 7.89. The van der Waals surface area contributed by atoms with Crippen LogP contribution in [-0.4, -0.2) is 51.9 Å². The van der Waals surface area contributed by atoms with Crippen molar-refractivity contribution in [1.82, 2.24) is 10.0 Å². The quantitative estimate of drug-likeness (QED) is 0.468. The molecule has 0 aliphatic carbocycles. The largest absolute Gasteiger partial charge is 0.381 e. The number of nitrogens with two attached hydrogens (primary N) is 1. The van der Waals surface area contributed by atoms with Crippen LogP contribution in [0.25, 0.3) is 0 Å². The highest BCUT2D eigenvalue weighted by atomic mass is 32.2. The second kappa shape index (κ2) is 8.56. The summed E-state index contributed by atoms with van der Waals surface area (Å²) < 4.78 is 30.4. The molecule has 1 unspecified atom stereocenters. The van der Waals surface area contributed by atoms with Crippen molar-refractivity contribution in [1.29, 1.82) is 0 Å². The van der Waals surface area contributed by atoms with Crippen LogP contribution in [0.2, 0.25) is 0 Å². The molecule has 7 nitrogen and oxygen atoms in total. The van der Waals surface area contributed by atoms with Crippen LogP contribution >= 0.6 is 0 Å². The minimum absolute atomic E-state index is 0.111. The lowest BCUT2D eigenvalue weighted by Gasteiger charge is -2.33. The average molecular weight is 309 g/mol. The molecule has 0 aromatic rings. The van der Waals surface area contributed by atoms with Gasteiger partial charge in [-0.05, 0) is 19.8 Å². The van der Waals surface area contributed by atoms with E-state index in [-0.39, 0.29) is 31.4 Å². The van der Waals surface area contributed by atoms with Crippen LogP contribution < -0.4 is 15.8 Å². The summed E-state index contributed by atoms with van der Waals surface area (Å²) in [6.07, 6.45) is 0. The molecule has 0 saturated carbocycles. The van der Waals surface area contributed by atoms with Gasteiger partial charge in [0.15, 0.2) is 0 Å². The minimum Gasteiger partial charge on any atom is -0.381 e. The van der Waals surface area contributed by atoms with Crippen LogP contribution in [0.4, 0.5) is 0 Å². The number of carbonyl (C=O) groups is 1. The fourth-order valence-electron chi connectivity index (χ4n) is 1.35. The predicted octanol–water partition coefficient (Wildman–Crippen LogP) is -0.568. The Kier molecular flexibility index (Phi) is 8.26. The van der Waals surface area contributed by atoms with Crippen molar-refractivity contribution in [3.63, 3.8) is 0 Å². The molecular weight excluding hydrogens is 282 g/mol. The second-order valence-corrected chi connectivity index (χ2v) is 7.09. The Labute approximate surface area is 121 Å². The van der Waals surface area contributed by atoms with Gasteiger partial charge < -0.3 is 15.8 Å².